The molecule has 0 saturated carbocycles. The van der Waals surface area contributed by atoms with Crippen molar-refractivity contribution in [3.05, 3.63) is 60.2 Å². The van der Waals surface area contributed by atoms with Gasteiger partial charge in [-0.2, -0.15) is 0 Å². The van der Waals surface area contributed by atoms with E-state index in [0.29, 0.717) is 12.3 Å². The lowest BCUT2D eigenvalue weighted by atomic mass is 10.0. The number of hydrogen-bond acceptors (Lipinski definition) is 3. The third-order valence-corrected chi connectivity index (χ3v) is 5.67. The summed E-state index contributed by atoms with van der Waals surface area (Å²) in [5.41, 5.74) is 2.46. The number of piperazine rings is 1. The number of carbonyl (C=O) groups is 1. The molecule has 1 heterocycles. The van der Waals surface area contributed by atoms with Crippen LogP contribution in [-0.2, 0) is 4.79 Å². The minimum Gasteiger partial charge on any atom is -0.484 e. The number of para-hydroxylation sites is 1. The van der Waals surface area contributed by atoms with E-state index in [1.54, 1.807) is 4.90 Å². The SMILES string of the molecule is CN(C)c1ccc([C@H](CNC(=O)COc2ccccc2)[NH+]2CC[NH+](C)CC2)cc1. The highest BCUT2D eigenvalue weighted by atomic mass is 16.5. The molecule has 1 atom stereocenters. The van der Waals surface area contributed by atoms with Crippen LogP contribution >= 0.6 is 0 Å². The number of carbonyl (C=O) groups excluding carboxylic acids is 1. The maximum Gasteiger partial charge on any atom is 0.258 e. The topological polar surface area (TPSA) is 50.5 Å². The molecule has 156 valence electrons. The van der Waals surface area contributed by atoms with Crippen LogP contribution in [0.25, 0.3) is 0 Å². The highest BCUT2D eigenvalue weighted by Crippen LogP contribution is 2.16. The molecule has 1 aliphatic rings. The van der Waals surface area contributed by atoms with Crippen LogP contribution in [0.2, 0.25) is 0 Å². The second-order valence-electron chi connectivity index (χ2n) is 8.06. The number of nitrogens with zero attached hydrogens (tertiary/aromatic N) is 1. The van der Waals surface area contributed by atoms with Gasteiger partial charge in [0.2, 0.25) is 0 Å². The highest BCUT2D eigenvalue weighted by molar-refractivity contribution is 5.77. The summed E-state index contributed by atoms with van der Waals surface area (Å²) >= 11 is 0. The number of likely N-dealkylation sites (N-methyl/N-ethyl adjacent to an activating group) is 1. The molecular formula is C23H34N4O2+2. The van der Waals surface area contributed by atoms with Crippen molar-refractivity contribution < 1.29 is 19.3 Å². The van der Waals surface area contributed by atoms with Gasteiger partial charge in [0.1, 0.15) is 38.0 Å². The summed E-state index contributed by atoms with van der Waals surface area (Å²) in [7, 11) is 6.35. The molecule has 1 amide bonds. The molecule has 0 aromatic heterocycles. The predicted molar refractivity (Wildman–Crippen MR) is 116 cm³/mol. The molecule has 29 heavy (non-hydrogen) atoms. The van der Waals surface area contributed by atoms with Crippen LogP contribution in [-0.4, -0.2) is 66.4 Å². The van der Waals surface area contributed by atoms with E-state index in [9.17, 15) is 4.79 Å². The summed E-state index contributed by atoms with van der Waals surface area (Å²) in [5, 5.41) is 3.10. The van der Waals surface area contributed by atoms with E-state index in [2.05, 4.69) is 41.5 Å². The molecule has 6 heteroatoms. The number of benzene rings is 2. The standard InChI is InChI=1S/C23H32N4O2/c1-25(2)20-11-9-19(10-12-20)22(27-15-13-26(3)14-16-27)17-24-23(28)18-29-21-7-5-4-6-8-21/h4-12,22H,13-18H2,1-3H3,(H,24,28)/p+2/t22-/m0/s1. The van der Waals surface area contributed by atoms with Gasteiger partial charge >= 0.3 is 0 Å². The third-order valence-electron chi connectivity index (χ3n) is 5.67. The van der Waals surface area contributed by atoms with Gasteiger partial charge in [-0.1, -0.05) is 30.3 Å². The van der Waals surface area contributed by atoms with Gasteiger partial charge < -0.3 is 24.8 Å². The second kappa shape index (κ2) is 10.3. The lowest BCUT2D eigenvalue weighted by Gasteiger charge is -2.33. The molecule has 0 unspecified atom stereocenters. The molecule has 3 N–H and O–H groups in total. The van der Waals surface area contributed by atoms with Gasteiger partial charge in [-0.3, -0.25) is 4.79 Å². The first-order valence-corrected chi connectivity index (χ1v) is 10.4. The molecule has 2 aromatic carbocycles. The molecule has 1 fully saturated rings. The first-order chi connectivity index (χ1) is 14.0. The van der Waals surface area contributed by atoms with Crippen LogP contribution in [0, 0.1) is 0 Å². The normalized spacial score (nSPS) is 20.0. The number of rotatable bonds is 8. The van der Waals surface area contributed by atoms with Crippen LogP contribution in [0.15, 0.2) is 54.6 Å². The van der Waals surface area contributed by atoms with Crippen molar-refractivity contribution in [3.8, 4) is 5.75 Å². The minimum atomic E-state index is -0.0806. The fourth-order valence-corrected chi connectivity index (χ4v) is 3.78. The highest BCUT2D eigenvalue weighted by Gasteiger charge is 2.29. The van der Waals surface area contributed by atoms with Crippen LogP contribution in [0.5, 0.6) is 5.75 Å². The minimum absolute atomic E-state index is 0.0402. The summed E-state index contributed by atoms with van der Waals surface area (Å²) in [6, 6.07) is 18.4. The van der Waals surface area contributed by atoms with Crippen molar-refractivity contribution in [1.82, 2.24) is 5.32 Å². The van der Waals surface area contributed by atoms with Crippen molar-refractivity contribution in [3.63, 3.8) is 0 Å². The Morgan fingerprint density at radius 1 is 1.03 bits per heavy atom. The third kappa shape index (κ3) is 6.21. The molecule has 1 aliphatic heterocycles. The van der Waals surface area contributed by atoms with E-state index < -0.39 is 0 Å². The molecule has 2 aromatic rings. The Kier molecular flexibility index (Phi) is 7.49. The predicted octanol–water partition coefficient (Wildman–Crippen LogP) is -0.598. The number of hydrogen-bond donors (Lipinski definition) is 3. The Labute approximate surface area is 174 Å². The molecular weight excluding hydrogens is 364 g/mol. The number of anilines is 1. The zero-order valence-corrected chi connectivity index (χ0v) is 17.8. The van der Waals surface area contributed by atoms with Gasteiger partial charge in [-0.25, -0.2) is 0 Å². The van der Waals surface area contributed by atoms with Crippen molar-refractivity contribution in [1.29, 1.82) is 0 Å². The Hall–Kier alpha value is -2.57. The van der Waals surface area contributed by atoms with Crippen LogP contribution in [0.3, 0.4) is 0 Å². The van der Waals surface area contributed by atoms with Gasteiger partial charge in [0.15, 0.2) is 6.61 Å². The Bertz CT molecular complexity index is 756. The lowest BCUT2D eigenvalue weighted by molar-refractivity contribution is -1.02. The summed E-state index contributed by atoms with van der Waals surface area (Å²) in [6.45, 7) is 5.20. The average molecular weight is 399 g/mol. The zero-order valence-electron chi connectivity index (χ0n) is 17.8. The van der Waals surface area contributed by atoms with E-state index in [1.807, 2.05) is 44.4 Å². The number of amides is 1. The first-order valence-electron chi connectivity index (χ1n) is 10.4. The molecule has 1 saturated heterocycles. The Morgan fingerprint density at radius 3 is 2.31 bits per heavy atom. The lowest BCUT2D eigenvalue weighted by Crippen LogP contribution is -3.27. The van der Waals surface area contributed by atoms with Gasteiger partial charge in [-0.05, 0) is 24.3 Å². The largest absolute Gasteiger partial charge is 0.484 e. The van der Waals surface area contributed by atoms with E-state index in [4.69, 9.17) is 4.74 Å². The molecule has 3 rings (SSSR count). The van der Waals surface area contributed by atoms with Crippen molar-refractivity contribution >= 4 is 11.6 Å². The first kappa shape index (κ1) is 21.1. The van der Waals surface area contributed by atoms with E-state index in [-0.39, 0.29) is 18.6 Å². The molecule has 0 spiro atoms. The molecule has 6 nitrogen and oxygen atoms in total. The summed E-state index contributed by atoms with van der Waals surface area (Å²) in [5.74, 6) is 0.633. The Morgan fingerprint density at radius 2 is 1.69 bits per heavy atom. The molecule has 0 bridgehead atoms. The summed E-state index contributed by atoms with van der Waals surface area (Å²) in [6.07, 6.45) is 0. The fourth-order valence-electron chi connectivity index (χ4n) is 3.78. The van der Waals surface area contributed by atoms with Crippen molar-refractivity contribution in [2.45, 2.75) is 6.04 Å². The molecule has 0 radical (unpaired) electrons. The van der Waals surface area contributed by atoms with Crippen molar-refractivity contribution in [2.75, 3.05) is 65.4 Å². The van der Waals surface area contributed by atoms with E-state index >= 15 is 0 Å². The average Bonchev–Trinajstić information content (AvgIpc) is 2.74. The number of nitrogens with one attached hydrogen (secondary N) is 3. The van der Waals surface area contributed by atoms with Gasteiger partial charge in [0, 0.05) is 25.3 Å². The number of ether oxygens (including phenoxy) is 1. The summed E-state index contributed by atoms with van der Waals surface area (Å²) < 4.78 is 5.58. The second-order valence-corrected chi connectivity index (χ2v) is 8.06. The smallest absolute Gasteiger partial charge is 0.258 e. The van der Waals surface area contributed by atoms with Crippen LogP contribution in [0.4, 0.5) is 5.69 Å². The van der Waals surface area contributed by atoms with Crippen LogP contribution in [0.1, 0.15) is 11.6 Å². The summed E-state index contributed by atoms with van der Waals surface area (Å²) in [4.78, 5) is 17.6. The zero-order chi connectivity index (χ0) is 20.6. The van der Waals surface area contributed by atoms with Gasteiger partial charge in [0.25, 0.3) is 5.91 Å². The van der Waals surface area contributed by atoms with E-state index in [1.165, 1.54) is 16.2 Å². The maximum atomic E-state index is 12.4. The monoisotopic (exact) mass is 398 g/mol. The van der Waals surface area contributed by atoms with Gasteiger partial charge in [-0.15, -0.1) is 0 Å². The van der Waals surface area contributed by atoms with Gasteiger partial charge in [0.05, 0.1) is 13.6 Å². The van der Waals surface area contributed by atoms with E-state index in [0.717, 1.165) is 26.2 Å². The van der Waals surface area contributed by atoms with Crippen LogP contribution < -0.4 is 24.8 Å². The number of quaternary nitrogens is 2. The van der Waals surface area contributed by atoms with Crippen molar-refractivity contribution in [2.24, 2.45) is 0 Å². The fraction of sp³-hybridized carbons (Fsp3) is 0.435. The maximum absolute atomic E-state index is 12.4. The molecule has 0 aliphatic carbocycles. The Balaban J connectivity index is 1.62. The quantitative estimate of drug-likeness (QED) is 0.557.